The van der Waals surface area contributed by atoms with Crippen LogP contribution in [0.5, 0.6) is 0 Å². The van der Waals surface area contributed by atoms with Crippen molar-refractivity contribution in [2.75, 3.05) is 0 Å². The first-order chi connectivity index (χ1) is 14.4. The molecule has 2 aromatic heterocycles. The standard InChI is InChI=1S/C22H20ClN3O3S/c1-12-17(13-6-4-3-5-7-13)29-21(28)26(12)20(27)22(2)9-8-14-15(10-22)30-19-16(14)18(23)24-11-25-19/h3-7,11-12,17H,8-10H2,1-2H3/t12-,17-,22-/m0/s1. The van der Waals surface area contributed by atoms with E-state index in [0.717, 1.165) is 26.2 Å². The molecule has 30 heavy (non-hydrogen) atoms. The molecule has 0 saturated carbocycles. The molecule has 0 N–H and O–H groups in total. The lowest BCUT2D eigenvalue weighted by atomic mass is 9.74. The van der Waals surface area contributed by atoms with Gasteiger partial charge in [0.15, 0.2) is 0 Å². The monoisotopic (exact) mass is 441 g/mol. The first-order valence-electron chi connectivity index (χ1n) is 9.89. The number of carbonyl (C=O) groups is 2. The maximum absolute atomic E-state index is 13.6. The van der Waals surface area contributed by atoms with E-state index < -0.39 is 17.6 Å². The Morgan fingerprint density at radius 2 is 2.07 bits per heavy atom. The number of rotatable bonds is 2. The first-order valence-corrected chi connectivity index (χ1v) is 11.1. The summed E-state index contributed by atoms with van der Waals surface area (Å²) in [5.74, 6) is -0.182. The van der Waals surface area contributed by atoms with Crippen molar-refractivity contribution in [2.24, 2.45) is 5.41 Å². The summed E-state index contributed by atoms with van der Waals surface area (Å²) >= 11 is 7.86. The van der Waals surface area contributed by atoms with Gasteiger partial charge in [-0.3, -0.25) is 4.79 Å². The van der Waals surface area contributed by atoms with Gasteiger partial charge in [-0.2, -0.15) is 0 Å². The minimum absolute atomic E-state index is 0.182. The number of aromatic nitrogens is 2. The Labute approximate surface area is 182 Å². The number of nitrogens with zero attached hydrogens (tertiary/aromatic N) is 3. The summed E-state index contributed by atoms with van der Waals surface area (Å²) in [5.41, 5.74) is 1.33. The first kappa shape index (κ1) is 19.5. The zero-order valence-electron chi connectivity index (χ0n) is 16.6. The predicted molar refractivity (Wildman–Crippen MR) is 115 cm³/mol. The lowest BCUT2D eigenvalue weighted by Crippen LogP contribution is -2.48. The molecule has 2 aliphatic rings. The molecule has 1 aromatic carbocycles. The highest BCUT2D eigenvalue weighted by molar-refractivity contribution is 7.19. The van der Waals surface area contributed by atoms with Crippen LogP contribution in [0.15, 0.2) is 36.7 Å². The fourth-order valence-electron chi connectivity index (χ4n) is 4.54. The Bertz CT molecular complexity index is 1170. The maximum atomic E-state index is 13.6. The van der Waals surface area contributed by atoms with Gasteiger partial charge < -0.3 is 4.74 Å². The number of imide groups is 1. The topological polar surface area (TPSA) is 72.4 Å². The number of aryl methyl sites for hydroxylation is 1. The Hall–Kier alpha value is -2.51. The predicted octanol–water partition coefficient (Wildman–Crippen LogP) is 4.95. The molecule has 3 atom stereocenters. The third-order valence-electron chi connectivity index (χ3n) is 6.24. The largest absolute Gasteiger partial charge is 0.439 e. The number of ether oxygens (including phenoxy) is 1. The van der Waals surface area contributed by atoms with Crippen LogP contribution in [0.3, 0.4) is 0 Å². The van der Waals surface area contributed by atoms with Crippen molar-refractivity contribution in [1.82, 2.24) is 14.9 Å². The average Bonchev–Trinajstić information content (AvgIpc) is 3.25. The van der Waals surface area contributed by atoms with Crippen LogP contribution in [0.4, 0.5) is 4.79 Å². The van der Waals surface area contributed by atoms with Crippen LogP contribution in [0.25, 0.3) is 10.2 Å². The lowest BCUT2D eigenvalue weighted by Gasteiger charge is -2.35. The molecule has 1 aliphatic heterocycles. The third-order valence-corrected chi connectivity index (χ3v) is 7.66. The molecule has 5 rings (SSSR count). The van der Waals surface area contributed by atoms with Crippen molar-refractivity contribution < 1.29 is 14.3 Å². The van der Waals surface area contributed by atoms with Crippen LogP contribution < -0.4 is 0 Å². The van der Waals surface area contributed by atoms with Crippen LogP contribution >= 0.6 is 22.9 Å². The van der Waals surface area contributed by atoms with Crippen molar-refractivity contribution in [3.05, 3.63) is 57.8 Å². The molecule has 1 aliphatic carbocycles. The van der Waals surface area contributed by atoms with E-state index in [1.807, 2.05) is 44.2 Å². The summed E-state index contributed by atoms with van der Waals surface area (Å²) < 4.78 is 5.60. The molecule has 3 heterocycles. The van der Waals surface area contributed by atoms with Gasteiger partial charge in [0.1, 0.15) is 22.4 Å². The normalized spacial score (nSPS) is 26.0. The highest BCUT2D eigenvalue weighted by atomic mass is 35.5. The summed E-state index contributed by atoms with van der Waals surface area (Å²) in [5, 5.41) is 1.35. The molecule has 8 heteroatoms. The van der Waals surface area contributed by atoms with E-state index in [4.69, 9.17) is 16.3 Å². The third kappa shape index (κ3) is 2.91. The zero-order chi connectivity index (χ0) is 21.0. The van der Waals surface area contributed by atoms with E-state index in [0.29, 0.717) is 24.4 Å². The van der Waals surface area contributed by atoms with E-state index in [2.05, 4.69) is 9.97 Å². The van der Waals surface area contributed by atoms with Crippen molar-refractivity contribution in [1.29, 1.82) is 0 Å². The number of hydrogen-bond acceptors (Lipinski definition) is 6. The number of hydrogen-bond donors (Lipinski definition) is 0. The lowest BCUT2D eigenvalue weighted by molar-refractivity contribution is -0.139. The van der Waals surface area contributed by atoms with E-state index in [1.165, 1.54) is 11.2 Å². The number of carbonyl (C=O) groups excluding carboxylic acids is 2. The van der Waals surface area contributed by atoms with Gasteiger partial charge in [-0.15, -0.1) is 11.3 Å². The van der Waals surface area contributed by atoms with E-state index in [1.54, 1.807) is 11.3 Å². The minimum Gasteiger partial charge on any atom is -0.439 e. The zero-order valence-corrected chi connectivity index (χ0v) is 18.2. The molecule has 2 amide bonds. The Kier molecular flexibility index (Phi) is 4.56. The molecule has 0 radical (unpaired) electrons. The van der Waals surface area contributed by atoms with E-state index >= 15 is 0 Å². The number of fused-ring (bicyclic) bond motifs is 3. The quantitative estimate of drug-likeness (QED) is 0.526. The summed E-state index contributed by atoms with van der Waals surface area (Å²) in [6, 6.07) is 9.18. The van der Waals surface area contributed by atoms with Crippen LogP contribution in [-0.4, -0.2) is 32.9 Å². The molecule has 1 fully saturated rings. The number of amides is 2. The van der Waals surface area contributed by atoms with Crippen LogP contribution in [0.1, 0.15) is 42.4 Å². The molecule has 1 saturated heterocycles. The number of cyclic esters (lactones) is 1. The van der Waals surface area contributed by atoms with Gasteiger partial charge in [-0.05, 0) is 37.3 Å². The molecule has 6 nitrogen and oxygen atoms in total. The molecular weight excluding hydrogens is 422 g/mol. The second kappa shape index (κ2) is 7.03. The number of halogens is 1. The van der Waals surface area contributed by atoms with Crippen molar-refractivity contribution in [3.8, 4) is 0 Å². The van der Waals surface area contributed by atoms with Gasteiger partial charge >= 0.3 is 6.09 Å². The van der Waals surface area contributed by atoms with Gasteiger partial charge in [-0.25, -0.2) is 19.7 Å². The van der Waals surface area contributed by atoms with E-state index in [9.17, 15) is 9.59 Å². The SMILES string of the molecule is C[C@H]1[C@@H](c2ccccc2)OC(=O)N1C(=O)[C@@]1(C)CCc2c(sc3ncnc(Cl)c23)C1. The second-order valence-electron chi connectivity index (χ2n) is 8.22. The molecule has 0 spiro atoms. The maximum Gasteiger partial charge on any atom is 0.417 e. The molecule has 154 valence electrons. The van der Waals surface area contributed by atoms with Crippen molar-refractivity contribution in [2.45, 2.75) is 45.3 Å². The Balaban J connectivity index is 1.44. The smallest absolute Gasteiger partial charge is 0.417 e. The molecule has 0 unspecified atom stereocenters. The highest BCUT2D eigenvalue weighted by Gasteiger charge is 2.50. The Morgan fingerprint density at radius 1 is 1.30 bits per heavy atom. The van der Waals surface area contributed by atoms with Crippen LogP contribution in [-0.2, 0) is 22.4 Å². The highest BCUT2D eigenvalue weighted by Crippen LogP contribution is 2.46. The fraction of sp³-hybridized carbons (Fsp3) is 0.364. The summed E-state index contributed by atoms with van der Waals surface area (Å²) in [7, 11) is 0. The minimum atomic E-state index is -0.688. The number of thiophene rings is 1. The second-order valence-corrected chi connectivity index (χ2v) is 9.66. The summed E-state index contributed by atoms with van der Waals surface area (Å²) in [6.07, 6.45) is 2.31. The van der Waals surface area contributed by atoms with Gasteiger partial charge in [-0.1, -0.05) is 48.9 Å². The molecular formula is C22H20ClN3O3S. The van der Waals surface area contributed by atoms with Gasteiger partial charge in [0, 0.05) is 4.88 Å². The number of benzene rings is 1. The molecule has 3 aromatic rings. The van der Waals surface area contributed by atoms with Gasteiger partial charge in [0.2, 0.25) is 5.91 Å². The van der Waals surface area contributed by atoms with E-state index in [-0.39, 0.29) is 11.9 Å². The van der Waals surface area contributed by atoms with Crippen molar-refractivity contribution >= 4 is 45.2 Å². The summed E-state index contributed by atoms with van der Waals surface area (Å²) in [6.45, 7) is 3.80. The van der Waals surface area contributed by atoms with Crippen molar-refractivity contribution in [3.63, 3.8) is 0 Å². The van der Waals surface area contributed by atoms with Gasteiger partial charge in [0.05, 0.1) is 16.8 Å². The molecule has 0 bridgehead atoms. The van der Waals surface area contributed by atoms with Crippen LogP contribution in [0.2, 0.25) is 5.15 Å². The van der Waals surface area contributed by atoms with Gasteiger partial charge in [0.25, 0.3) is 0 Å². The Morgan fingerprint density at radius 3 is 2.83 bits per heavy atom. The summed E-state index contributed by atoms with van der Waals surface area (Å²) in [4.78, 5) is 37.9. The van der Waals surface area contributed by atoms with Crippen LogP contribution in [0, 0.1) is 5.41 Å². The average molecular weight is 442 g/mol. The fourth-order valence-corrected chi connectivity index (χ4v) is 6.22.